The lowest BCUT2D eigenvalue weighted by Crippen LogP contribution is -2.31. The van der Waals surface area contributed by atoms with E-state index in [0.717, 1.165) is 28.2 Å². The van der Waals surface area contributed by atoms with E-state index in [2.05, 4.69) is 14.9 Å². The summed E-state index contributed by atoms with van der Waals surface area (Å²) in [6.45, 7) is 4.21. The van der Waals surface area contributed by atoms with Crippen molar-refractivity contribution in [2.45, 2.75) is 38.8 Å². The summed E-state index contributed by atoms with van der Waals surface area (Å²) < 4.78 is 47.9. The van der Waals surface area contributed by atoms with Crippen LogP contribution in [0.1, 0.15) is 52.9 Å². The van der Waals surface area contributed by atoms with Gasteiger partial charge in [0.1, 0.15) is 18.3 Å². The van der Waals surface area contributed by atoms with Gasteiger partial charge in [0.25, 0.3) is 5.91 Å². The molecular weight excluding hydrogens is 563 g/mol. The maximum absolute atomic E-state index is 13.7. The fourth-order valence-electron chi connectivity index (χ4n) is 4.85. The van der Waals surface area contributed by atoms with Gasteiger partial charge in [0, 0.05) is 11.6 Å². The minimum absolute atomic E-state index is 0.0310. The Bertz CT molecular complexity index is 1610. The first-order valence-electron chi connectivity index (χ1n) is 13.4. The summed E-state index contributed by atoms with van der Waals surface area (Å²) in [6, 6.07) is 22.4. The highest BCUT2D eigenvalue weighted by Gasteiger charge is 2.53. The average molecular weight is 590 g/mol. The van der Waals surface area contributed by atoms with Crippen LogP contribution < -0.4 is 14.4 Å². The molecular formula is C32H26F3N3O5. The number of halogens is 3. The van der Waals surface area contributed by atoms with Crippen molar-refractivity contribution >= 4 is 23.3 Å². The molecule has 1 aliphatic heterocycles. The van der Waals surface area contributed by atoms with Crippen LogP contribution in [-0.2, 0) is 16.2 Å². The van der Waals surface area contributed by atoms with Crippen molar-refractivity contribution in [3.63, 3.8) is 0 Å². The van der Waals surface area contributed by atoms with E-state index in [9.17, 15) is 27.6 Å². The van der Waals surface area contributed by atoms with Crippen LogP contribution >= 0.6 is 0 Å². The number of amides is 1. The van der Waals surface area contributed by atoms with E-state index in [1.165, 1.54) is 24.3 Å². The van der Waals surface area contributed by atoms with Crippen molar-refractivity contribution in [1.29, 1.82) is 0 Å². The number of hydrogen-bond acceptors (Lipinski definition) is 7. The molecule has 4 aromatic rings. The number of ketones is 2. The summed E-state index contributed by atoms with van der Waals surface area (Å²) in [5, 5.41) is 8.12. The van der Waals surface area contributed by atoms with E-state index in [1.807, 2.05) is 44.2 Å². The molecule has 5 rings (SSSR count). The van der Waals surface area contributed by atoms with Gasteiger partial charge in [-0.05, 0) is 40.8 Å². The van der Waals surface area contributed by atoms with Gasteiger partial charge in [-0.3, -0.25) is 19.3 Å². The van der Waals surface area contributed by atoms with E-state index in [1.54, 1.807) is 24.3 Å². The lowest BCUT2D eigenvalue weighted by molar-refractivity contribution is -0.274. The molecule has 0 saturated carbocycles. The first-order valence-corrected chi connectivity index (χ1v) is 13.4. The minimum Gasteiger partial charge on any atom is -0.472 e. The summed E-state index contributed by atoms with van der Waals surface area (Å²) in [7, 11) is 0. The smallest absolute Gasteiger partial charge is 0.472 e. The zero-order valence-electron chi connectivity index (χ0n) is 23.1. The van der Waals surface area contributed by atoms with Crippen molar-refractivity contribution in [2.75, 3.05) is 4.90 Å². The molecule has 0 spiro atoms. The van der Waals surface area contributed by atoms with Gasteiger partial charge in [0.15, 0.2) is 11.6 Å². The van der Waals surface area contributed by atoms with Gasteiger partial charge in [0.2, 0.25) is 11.7 Å². The quantitative estimate of drug-likeness (QED) is 0.130. The molecule has 0 bridgehead atoms. The number of alkyl halides is 3. The molecule has 1 aromatic heterocycles. The fourth-order valence-corrected chi connectivity index (χ4v) is 4.85. The second-order valence-electron chi connectivity index (χ2n) is 10.2. The summed E-state index contributed by atoms with van der Waals surface area (Å²) in [6.07, 6.45) is -4.91. The number of carbonyl (C=O) groups excluding carboxylic acids is 3. The largest absolute Gasteiger partial charge is 0.573 e. The van der Waals surface area contributed by atoms with Crippen molar-refractivity contribution in [3.05, 3.63) is 113 Å². The van der Waals surface area contributed by atoms with Crippen LogP contribution in [0.4, 0.5) is 19.0 Å². The highest BCUT2D eigenvalue weighted by Crippen LogP contribution is 2.41. The third-order valence-electron chi connectivity index (χ3n) is 7.01. The molecule has 0 N–H and O–H groups in total. The van der Waals surface area contributed by atoms with Crippen LogP contribution in [0.15, 0.2) is 91.0 Å². The third-order valence-corrected chi connectivity index (χ3v) is 7.01. The van der Waals surface area contributed by atoms with E-state index in [-0.39, 0.29) is 35.3 Å². The van der Waals surface area contributed by atoms with E-state index < -0.39 is 41.5 Å². The molecule has 0 aliphatic carbocycles. The standard InChI is InChI=1S/C32H26F3N3O5/c1-19(2)21-8-10-23(11-9-21)29(39)27-28(22-12-14-24(15-13-22)43-32(33,34)35)38(31(41)30(27)40)25-16-17-26(37-36-25)42-18-20-6-4-3-5-7-20/h3-17,19,27-28H,18H2,1-2H3. The summed E-state index contributed by atoms with van der Waals surface area (Å²) in [4.78, 5) is 41.6. The number of ether oxygens (including phenoxy) is 2. The van der Waals surface area contributed by atoms with Crippen molar-refractivity contribution in [1.82, 2.24) is 10.2 Å². The zero-order chi connectivity index (χ0) is 30.7. The monoisotopic (exact) mass is 589 g/mol. The predicted octanol–water partition coefficient (Wildman–Crippen LogP) is 6.23. The molecule has 1 saturated heterocycles. The SMILES string of the molecule is CC(C)c1ccc(C(=O)C2C(=O)C(=O)N(c3ccc(OCc4ccccc4)nn3)C2c2ccc(OC(F)(F)F)cc2)cc1. The molecule has 1 aliphatic rings. The Kier molecular flexibility index (Phi) is 8.24. The number of anilines is 1. The van der Waals surface area contributed by atoms with E-state index >= 15 is 0 Å². The Morgan fingerprint density at radius 3 is 2.14 bits per heavy atom. The van der Waals surface area contributed by atoms with Crippen molar-refractivity contribution in [2.24, 2.45) is 5.92 Å². The molecule has 2 unspecified atom stereocenters. The van der Waals surface area contributed by atoms with Gasteiger partial charge in [-0.25, -0.2) is 0 Å². The average Bonchev–Trinajstić information content (AvgIpc) is 3.26. The van der Waals surface area contributed by atoms with E-state index in [4.69, 9.17) is 4.74 Å². The molecule has 1 fully saturated rings. The highest BCUT2D eigenvalue weighted by atomic mass is 19.4. The summed E-state index contributed by atoms with van der Waals surface area (Å²) >= 11 is 0. The van der Waals surface area contributed by atoms with Crippen molar-refractivity contribution < 1.29 is 37.0 Å². The van der Waals surface area contributed by atoms with Crippen LogP contribution in [0.25, 0.3) is 0 Å². The molecule has 220 valence electrons. The molecule has 0 radical (unpaired) electrons. The number of Topliss-reactive ketones (excluding diaryl/α,β-unsaturated/α-hetero) is 2. The Labute approximate surface area is 245 Å². The number of nitrogens with zero attached hydrogens (tertiary/aromatic N) is 3. The molecule has 43 heavy (non-hydrogen) atoms. The second-order valence-corrected chi connectivity index (χ2v) is 10.2. The lowest BCUT2D eigenvalue weighted by Gasteiger charge is -2.26. The molecule has 1 amide bonds. The lowest BCUT2D eigenvalue weighted by atomic mass is 9.86. The molecule has 3 aromatic carbocycles. The van der Waals surface area contributed by atoms with Gasteiger partial charge in [-0.1, -0.05) is 80.6 Å². The van der Waals surface area contributed by atoms with Gasteiger partial charge in [-0.2, -0.15) is 0 Å². The van der Waals surface area contributed by atoms with Gasteiger partial charge < -0.3 is 9.47 Å². The van der Waals surface area contributed by atoms with Crippen LogP contribution in [0, 0.1) is 5.92 Å². The molecule has 8 nitrogen and oxygen atoms in total. The second kappa shape index (κ2) is 12.0. The molecule has 2 atom stereocenters. The van der Waals surface area contributed by atoms with Crippen LogP contribution in [-0.4, -0.2) is 34.0 Å². The number of rotatable bonds is 9. The third kappa shape index (κ3) is 6.56. The number of benzene rings is 3. The summed E-state index contributed by atoms with van der Waals surface area (Å²) in [5.74, 6) is -4.21. The van der Waals surface area contributed by atoms with Gasteiger partial charge >= 0.3 is 6.36 Å². The maximum Gasteiger partial charge on any atom is 0.573 e. The Morgan fingerprint density at radius 2 is 1.56 bits per heavy atom. The predicted molar refractivity (Wildman–Crippen MR) is 150 cm³/mol. The zero-order valence-corrected chi connectivity index (χ0v) is 23.1. The Morgan fingerprint density at radius 1 is 0.884 bits per heavy atom. The first-order chi connectivity index (χ1) is 20.5. The number of aromatic nitrogens is 2. The first kappa shape index (κ1) is 29.4. The molecule has 2 heterocycles. The van der Waals surface area contributed by atoms with Crippen LogP contribution in [0.3, 0.4) is 0 Å². The summed E-state index contributed by atoms with van der Waals surface area (Å²) in [5.41, 5.74) is 2.33. The topological polar surface area (TPSA) is 98.7 Å². The maximum atomic E-state index is 13.7. The normalized spacial score (nSPS) is 16.9. The molecule has 11 heteroatoms. The minimum atomic E-state index is -4.91. The Balaban J connectivity index is 1.48. The van der Waals surface area contributed by atoms with Crippen molar-refractivity contribution in [3.8, 4) is 11.6 Å². The van der Waals surface area contributed by atoms with Gasteiger partial charge in [-0.15, -0.1) is 23.4 Å². The van der Waals surface area contributed by atoms with Crippen LogP contribution in [0.5, 0.6) is 11.6 Å². The Hall–Kier alpha value is -5.06. The number of hydrogen-bond donors (Lipinski definition) is 0. The number of carbonyl (C=O) groups is 3. The fraction of sp³-hybridized carbons (Fsp3) is 0.219. The van der Waals surface area contributed by atoms with Crippen LogP contribution in [0.2, 0.25) is 0 Å². The van der Waals surface area contributed by atoms with Gasteiger partial charge in [0.05, 0.1) is 6.04 Å². The highest BCUT2D eigenvalue weighted by molar-refractivity contribution is 6.48. The van der Waals surface area contributed by atoms with E-state index in [0.29, 0.717) is 0 Å².